The summed E-state index contributed by atoms with van der Waals surface area (Å²) in [6.07, 6.45) is 1.97. The molecular weight excluding hydrogens is 258 g/mol. The molecule has 0 saturated heterocycles. The van der Waals surface area contributed by atoms with Gasteiger partial charge in [-0.15, -0.1) is 0 Å². The number of carbonyl (C=O) groups excluding carboxylic acids is 1. The quantitative estimate of drug-likeness (QED) is 0.671. The molecule has 0 aromatic heterocycles. The molecule has 0 rings (SSSR count). The van der Waals surface area contributed by atoms with E-state index in [0.717, 1.165) is 6.26 Å². The third-order valence-corrected chi connectivity index (χ3v) is 3.74. The van der Waals surface area contributed by atoms with E-state index in [1.54, 1.807) is 6.92 Å². The fraction of sp³-hybridized carbons (Fsp3) is 0.818. The maximum atomic E-state index is 11.5. The number of carboxylic acids is 1. The molecule has 0 unspecified atom stereocenters. The summed E-state index contributed by atoms with van der Waals surface area (Å²) in [4.78, 5) is 22.5. The topological polar surface area (TPSA) is 101 Å². The Morgan fingerprint density at radius 3 is 2.28 bits per heavy atom. The first-order valence-corrected chi connectivity index (χ1v) is 7.93. The van der Waals surface area contributed by atoms with Crippen LogP contribution in [0.2, 0.25) is 0 Å². The lowest BCUT2D eigenvalue weighted by molar-refractivity contribution is -0.143. The summed E-state index contributed by atoms with van der Waals surface area (Å²) in [5, 5.41) is 11.4. The minimum Gasteiger partial charge on any atom is -0.480 e. The second kappa shape index (κ2) is 7.35. The Kier molecular flexibility index (Phi) is 6.90. The van der Waals surface area contributed by atoms with E-state index in [1.807, 2.05) is 6.92 Å². The second-order valence-electron chi connectivity index (χ2n) is 4.50. The number of carboxylic acid groups (broad SMARTS) is 1. The number of rotatable bonds is 8. The molecule has 0 radical (unpaired) electrons. The molecule has 106 valence electrons. The lowest BCUT2D eigenvalue weighted by Crippen LogP contribution is -2.45. The number of carbonyl (C=O) groups is 2. The molecule has 0 heterocycles. The van der Waals surface area contributed by atoms with Gasteiger partial charge in [0.15, 0.2) is 0 Å². The Morgan fingerprint density at radius 1 is 1.33 bits per heavy atom. The van der Waals surface area contributed by atoms with Gasteiger partial charge < -0.3 is 10.4 Å². The largest absolute Gasteiger partial charge is 0.480 e. The molecule has 18 heavy (non-hydrogen) atoms. The molecule has 0 aliphatic rings. The highest BCUT2D eigenvalue weighted by molar-refractivity contribution is 7.90. The molecule has 7 heteroatoms. The molecule has 0 spiro atoms. The summed E-state index contributed by atoms with van der Waals surface area (Å²) in [7, 11) is -3.08. The van der Waals surface area contributed by atoms with Crippen molar-refractivity contribution in [3.05, 3.63) is 0 Å². The van der Waals surface area contributed by atoms with Gasteiger partial charge in [0.2, 0.25) is 5.91 Å². The van der Waals surface area contributed by atoms with E-state index in [4.69, 9.17) is 5.11 Å². The third-order valence-electron chi connectivity index (χ3n) is 2.71. The highest BCUT2D eigenvalue weighted by Crippen LogP contribution is 2.08. The van der Waals surface area contributed by atoms with Crippen LogP contribution in [0.3, 0.4) is 0 Å². The molecule has 0 aromatic rings. The van der Waals surface area contributed by atoms with Crippen LogP contribution in [0.15, 0.2) is 0 Å². The number of hydrogen-bond donors (Lipinski definition) is 2. The summed E-state index contributed by atoms with van der Waals surface area (Å²) < 4.78 is 21.7. The molecule has 0 aliphatic heterocycles. The van der Waals surface area contributed by atoms with Gasteiger partial charge in [0.25, 0.3) is 0 Å². The number of hydrogen-bond acceptors (Lipinski definition) is 4. The zero-order chi connectivity index (χ0) is 14.3. The van der Waals surface area contributed by atoms with Crippen LogP contribution in [-0.4, -0.2) is 43.5 Å². The van der Waals surface area contributed by atoms with Crippen LogP contribution >= 0.6 is 0 Å². The van der Waals surface area contributed by atoms with Crippen molar-refractivity contribution < 1.29 is 23.1 Å². The van der Waals surface area contributed by atoms with E-state index < -0.39 is 27.8 Å². The van der Waals surface area contributed by atoms with Gasteiger partial charge in [0.1, 0.15) is 15.9 Å². The molecule has 6 nitrogen and oxygen atoms in total. The first-order valence-electron chi connectivity index (χ1n) is 5.87. The van der Waals surface area contributed by atoms with Gasteiger partial charge in [-0.2, -0.15) is 0 Å². The molecule has 2 atom stereocenters. The Morgan fingerprint density at radius 2 is 1.89 bits per heavy atom. The minimum atomic E-state index is -3.08. The van der Waals surface area contributed by atoms with Crippen LogP contribution in [0, 0.1) is 5.92 Å². The maximum absolute atomic E-state index is 11.5. The number of amides is 1. The SMILES string of the molecule is CC[C@H](C)[C@H](NC(=O)CCCS(C)(=O)=O)C(=O)O. The lowest BCUT2D eigenvalue weighted by atomic mass is 9.99. The van der Waals surface area contributed by atoms with Crippen molar-refractivity contribution in [2.75, 3.05) is 12.0 Å². The van der Waals surface area contributed by atoms with E-state index >= 15 is 0 Å². The third kappa shape index (κ3) is 7.26. The van der Waals surface area contributed by atoms with Crippen LogP contribution in [-0.2, 0) is 19.4 Å². The summed E-state index contributed by atoms with van der Waals surface area (Å²) in [6.45, 7) is 3.59. The number of nitrogens with one attached hydrogen (secondary N) is 1. The highest BCUT2D eigenvalue weighted by Gasteiger charge is 2.24. The van der Waals surface area contributed by atoms with Crippen molar-refractivity contribution in [3.8, 4) is 0 Å². The lowest BCUT2D eigenvalue weighted by Gasteiger charge is -2.20. The first kappa shape index (κ1) is 16.9. The predicted molar refractivity (Wildman–Crippen MR) is 68.0 cm³/mol. The van der Waals surface area contributed by atoms with Gasteiger partial charge in [0.05, 0.1) is 5.75 Å². The predicted octanol–water partition coefficient (Wildman–Crippen LogP) is 0.427. The van der Waals surface area contributed by atoms with Gasteiger partial charge in [-0.3, -0.25) is 4.79 Å². The fourth-order valence-electron chi connectivity index (χ4n) is 1.42. The molecule has 2 N–H and O–H groups in total. The molecule has 0 aromatic carbocycles. The molecule has 0 aliphatic carbocycles. The first-order chi connectivity index (χ1) is 8.17. The normalized spacial score (nSPS) is 14.8. The van der Waals surface area contributed by atoms with E-state index in [0.29, 0.717) is 6.42 Å². The van der Waals surface area contributed by atoms with E-state index in [2.05, 4.69) is 5.32 Å². The van der Waals surface area contributed by atoms with Gasteiger partial charge in [-0.1, -0.05) is 20.3 Å². The smallest absolute Gasteiger partial charge is 0.326 e. The van der Waals surface area contributed by atoms with Gasteiger partial charge >= 0.3 is 5.97 Å². The van der Waals surface area contributed by atoms with Crippen molar-refractivity contribution >= 4 is 21.7 Å². The monoisotopic (exact) mass is 279 g/mol. The molecule has 0 bridgehead atoms. The van der Waals surface area contributed by atoms with Crippen LogP contribution < -0.4 is 5.32 Å². The summed E-state index contributed by atoms with van der Waals surface area (Å²) in [5.74, 6) is -1.73. The summed E-state index contributed by atoms with van der Waals surface area (Å²) >= 11 is 0. The summed E-state index contributed by atoms with van der Waals surface area (Å²) in [6, 6.07) is -0.916. The Balaban J connectivity index is 4.23. The Hall–Kier alpha value is -1.11. The average Bonchev–Trinajstić information content (AvgIpc) is 2.22. The number of sulfone groups is 1. The average molecular weight is 279 g/mol. The van der Waals surface area contributed by atoms with Crippen molar-refractivity contribution in [3.63, 3.8) is 0 Å². The van der Waals surface area contributed by atoms with Crippen molar-refractivity contribution in [1.29, 1.82) is 0 Å². The van der Waals surface area contributed by atoms with Crippen LogP contribution in [0.25, 0.3) is 0 Å². The van der Waals surface area contributed by atoms with Gasteiger partial charge in [-0.25, -0.2) is 13.2 Å². The Bertz CT molecular complexity index is 390. The maximum Gasteiger partial charge on any atom is 0.326 e. The molecule has 0 saturated carbocycles. The molecule has 0 fully saturated rings. The standard InChI is InChI=1S/C11H21NO5S/c1-4-8(2)10(11(14)15)12-9(13)6-5-7-18(3,16)17/h8,10H,4-7H2,1-3H3,(H,12,13)(H,14,15)/t8-,10-/m0/s1. The van der Waals surface area contributed by atoms with Crippen molar-refractivity contribution in [2.45, 2.75) is 39.2 Å². The zero-order valence-electron chi connectivity index (χ0n) is 11.0. The van der Waals surface area contributed by atoms with Crippen molar-refractivity contribution in [1.82, 2.24) is 5.32 Å². The van der Waals surface area contributed by atoms with Crippen LogP contribution in [0.4, 0.5) is 0 Å². The molecular formula is C11H21NO5S. The van der Waals surface area contributed by atoms with E-state index in [1.165, 1.54) is 0 Å². The minimum absolute atomic E-state index is 0.0211. The fourth-order valence-corrected chi connectivity index (χ4v) is 2.09. The van der Waals surface area contributed by atoms with Gasteiger partial charge in [-0.05, 0) is 12.3 Å². The summed E-state index contributed by atoms with van der Waals surface area (Å²) in [5.41, 5.74) is 0. The molecule has 1 amide bonds. The second-order valence-corrected chi connectivity index (χ2v) is 6.76. The van der Waals surface area contributed by atoms with Crippen molar-refractivity contribution in [2.24, 2.45) is 5.92 Å². The number of aliphatic carboxylic acids is 1. The van der Waals surface area contributed by atoms with Gasteiger partial charge in [0, 0.05) is 12.7 Å². The van der Waals surface area contributed by atoms with E-state index in [9.17, 15) is 18.0 Å². The van der Waals surface area contributed by atoms with E-state index in [-0.39, 0.29) is 24.5 Å². The zero-order valence-corrected chi connectivity index (χ0v) is 11.8. The Labute approximate surface area is 108 Å². The van der Waals surface area contributed by atoms with Crippen LogP contribution in [0.5, 0.6) is 0 Å². The highest BCUT2D eigenvalue weighted by atomic mass is 32.2. The van der Waals surface area contributed by atoms with Crippen LogP contribution in [0.1, 0.15) is 33.1 Å².